The topological polar surface area (TPSA) is 83.8 Å². The summed E-state index contributed by atoms with van der Waals surface area (Å²) in [4.78, 5) is 18.7. The minimum absolute atomic E-state index is 0.146. The summed E-state index contributed by atoms with van der Waals surface area (Å²) in [6.45, 7) is 3.06. The number of aryl methyl sites for hydroxylation is 1. The van der Waals surface area contributed by atoms with Crippen LogP contribution in [0.15, 0.2) is 6.20 Å². The Bertz CT molecular complexity index is 417. The van der Waals surface area contributed by atoms with E-state index in [1.165, 1.54) is 51.4 Å². The van der Waals surface area contributed by atoms with Crippen molar-refractivity contribution in [1.29, 1.82) is 0 Å². The fourth-order valence-corrected chi connectivity index (χ4v) is 2.69. The van der Waals surface area contributed by atoms with Crippen LogP contribution in [0.1, 0.15) is 83.2 Å². The number of imidazole rings is 1. The number of aromatic nitrogens is 2. The van der Waals surface area contributed by atoms with Crippen LogP contribution in [0.2, 0.25) is 0 Å². The maximum atomic E-state index is 11.7. The number of nitrogens with two attached hydrogens (primary N) is 1. The third-order valence-corrected chi connectivity index (χ3v) is 4.09. The van der Waals surface area contributed by atoms with Gasteiger partial charge >= 0.3 is 0 Å². The van der Waals surface area contributed by atoms with Crippen molar-refractivity contribution < 1.29 is 4.79 Å². The van der Waals surface area contributed by atoms with Gasteiger partial charge < -0.3 is 16.0 Å². The first-order valence-corrected chi connectivity index (χ1v) is 9.29. The van der Waals surface area contributed by atoms with Crippen LogP contribution in [-0.2, 0) is 11.2 Å². The Hall–Kier alpha value is -1.52. The second-order valence-electron chi connectivity index (χ2n) is 6.31. The van der Waals surface area contributed by atoms with Crippen molar-refractivity contribution in [3.63, 3.8) is 0 Å². The molecule has 5 heteroatoms. The van der Waals surface area contributed by atoms with Crippen molar-refractivity contribution in [3.05, 3.63) is 11.9 Å². The lowest BCUT2D eigenvalue weighted by Crippen LogP contribution is -2.24. The van der Waals surface area contributed by atoms with Gasteiger partial charge in [-0.1, -0.05) is 58.3 Å². The van der Waals surface area contributed by atoms with Crippen molar-refractivity contribution in [3.8, 4) is 0 Å². The molecule has 4 N–H and O–H groups in total. The molecule has 1 amide bonds. The second-order valence-corrected chi connectivity index (χ2v) is 6.31. The number of H-pyrrole nitrogens is 1. The van der Waals surface area contributed by atoms with Crippen LogP contribution >= 0.6 is 0 Å². The SMILES string of the molecule is CCCCCCCCCCCNC(=O)CCCc1c[nH]c(N)n1. The number of carbonyl (C=O) groups excluding carboxylic acids is 1. The molecule has 1 rings (SSSR count). The van der Waals surface area contributed by atoms with Gasteiger partial charge in [0.2, 0.25) is 5.91 Å². The normalized spacial score (nSPS) is 10.8. The Balaban J connectivity index is 1.84. The molecule has 0 fully saturated rings. The smallest absolute Gasteiger partial charge is 0.220 e. The fourth-order valence-electron chi connectivity index (χ4n) is 2.69. The molecule has 0 radical (unpaired) electrons. The molecule has 0 saturated heterocycles. The number of nitrogens with one attached hydrogen (secondary N) is 2. The third-order valence-electron chi connectivity index (χ3n) is 4.09. The van der Waals surface area contributed by atoms with Gasteiger partial charge in [-0.25, -0.2) is 4.98 Å². The number of hydrogen-bond acceptors (Lipinski definition) is 3. The molecule has 0 aliphatic heterocycles. The molecule has 23 heavy (non-hydrogen) atoms. The van der Waals surface area contributed by atoms with Crippen LogP contribution in [0.25, 0.3) is 0 Å². The zero-order chi connectivity index (χ0) is 16.8. The predicted molar refractivity (Wildman–Crippen MR) is 96.2 cm³/mol. The summed E-state index contributed by atoms with van der Waals surface area (Å²) in [6, 6.07) is 0. The summed E-state index contributed by atoms with van der Waals surface area (Å²) in [5, 5.41) is 3.00. The molecule has 0 spiro atoms. The second kappa shape index (κ2) is 13.0. The zero-order valence-corrected chi connectivity index (χ0v) is 14.7. The summed E-state index contributed by atoms with van der Waals surface area (Å²) in [5.74, 6) is 0.586. The monoisotopic (exact) mass is 322 g/mol. The van der Waals surface area contributed by atoms with Crippen LogP contribution in [0.3, 0.4) is 0 Å². The highest BCUT2D eigenvalue weighted by molar-refractivity contribution is 5.75. The lowest BCUT2D eigenvalue weighted by atomic mass is 10.1. The van der Waals surface area contributed by atoms with Crippen molar-refractivity contribution >= 4 is 11.9 Å². The standard InChI is InChI=1S/C18H34N4O/c1-2-3-4-5-6-7-8-9-10-14-20-17(23)13-11-12-16-15-21-18(19)22-16/h15H,2-14H2,1H3,(H,20,23)(H3,19,21,22). The molecular weight excluding hydrogens is 288 g/mol. The Labute approximate surface area is 140 Å². The van der Waals surface area contributed by atoms with E-state index < -0.39 is 0 Å². The van der Waals surface area contributed by atoms with Crippen molar-refractivity contribution in [2.75, 3.05) is 12.3 Å². The maximum Gasteiger partial charge on any atom is 0.220 e. The summed E-state index contributed by atoms with van der Waals surface area (Å²) in [5.41, 5.74) is 6.44. The molecule has 0 unspecified atom stereocenters. The molecule has 1 aromatic rings. The van der Waals surface area contributed by atoms with E-state index in [2.05, 4.69) is 22.2 Å². The highest BCUT2D eigenvalue weighted by atomic mass is 16.1. The molecule has 5 nitrogen and oxygen atoms in total. The molecule has 132 valence electrons. The minimum Gasteiger partial charge on any atom is -0.369 e. The average molecular weight is 322 g/mol. The van der Waals surface area contributed by atoms with Crippen LogP contribution < -0.4 is 11.1 Å². The maximum absolute atomic E-state index is 11.7. The summed E-state index contributed by atoms with van der Waals surface area (Å²) in [7, 11) is 0. The van der Waals surface area contributed by atoms with E-state index in [9.17, 15) is 4.79 Å². The first-order valence-electron chi connectivity index (χ1n) is 9.29. The van der Waals surface area contributed by atoms with Crippen molar-refractivity contribution in [1.82, 2.24) is 15.3 Å². The summed E-state index contributed by atoms with van der Waals surface area (Å²) < 4.78 is 0. The van der Waals surface area contributed by atoms with E-state index in [1.54, 1.807) is 6.20 Å². The van der Waals surface area contributed by atoms with Crippen LogP contribution in [-0.4, -0.2) is 22.4 Å². The highest BCUT2D eigenvalue weighted by Gasteiger charge is 2.03. The van der Waals surface area contributed by atoms with Gasteiger partial charge in [0, 0.05) is 19.2 Å². The molecule has 0 aliphatic carbocycles. The Morgan fingerprint density at radius 1 is 1.09 bits per heavy atom. The van der Waals surface area contributed by atoms with E-state index in [0.29, 0.717) is 12.4 Å². The molecule has 0 saturated carbocycles. The number of hydrogen-bond donors (Lipinski definition) is 3. The predicted octanol–water partition coefficient (Wildman–Crippen LogP) is 3.96. The largest absolute Gasteiger partial charge is 0.369 e. The lowest BCUT2D eigenvalue weighted by molar-refractivity contribution is -0.121. The number of aromatic amines is 1. The van der Waals surface area contributed by atoms with Gasteiger partial charge in [-0.15, -0.1) is 0 Å². The van der Waals surface area contributed by atoms with Crippen LogP contribution in [0.4, 0.5) is 5.95 Å². The number of nitrogens with zero attached hydrogens (tertiary/aromatic N) is 1. The van der Waals surface area contributed by atoms with Gasteiger partial charge in [-0.3, -0.25) is 4.79 Å². The number of nitrogen functional groups attached to an aromatic ring is 1. The molecule has 1 aromatic heterocycles. The Morgan fingerprint density at radius 2 is 1.74 bits per heavy atom. The van der Waals surface area contributed by atoms with Gasteiger partial charge in [0.15, 0.2) is 5.95 Å². The number of carbonyl (C=O) groups is 1. The summed E-state index contributed by atoms with van der Waals surface area (Å²) >= 11 is 0. The molecular formula is C18H34N4O. The van der Waals surface area contributed by atoms with Crippen LogP contribution in [0.5, 0.6) is 0 Å². The molecule has 1 heterocycles. The fraction of sp³-hybridized carbons (Fsp3) is 0.778. The number of amides is 1. The van der Waals surface area contributed by atoms with E-state index in [4.69, 9.17) is 5.73 Å². The first kappa shape index (κ1) is 19.5. The van der Waals surface area contributed by atoms with E-state index in [1.807, 2.05) is 0 Å². The first-order chi connectivity index (χ1) is 11.2. The third kappa shape index (κ3) is 10.8. The average Bonchev–Trinajstić information content (AvgIpc) is 2.94. The van der Waals surface area contributed by atoms with Crippen LogP contribution in [0, 0.1) is 0 Å². The van der Waals surface area contributed by atoms with Gasteiger partial charge in [0.05, 0.1) is 5.69 Å². The molecule has 0 aromatic carbocycles. The summed E-state index contributed by atoms with van der Waals surface area (Å²) in [6.07, 6.45) is 15.7. The zero-order valence-electron chi connectivity index (χ0n) is 14.7. The van der Waals surface area contributed by atoms with E-state index in [0.717, 1.165) is 31.5 Å². The minimum atomic E-state index is 0.146. The Morgan fingerprint density at radius 3 is 2.35 bits per heavy atom. The van der Waals surface area contributed by atoms with E-state index in [-0.39, 0.29) is 5.91 Å². The quantitative estimate of drug-likeness (QED) is 0.453. The molecule has 0 bridgehead atoms. The van der Waals surface area contributed by atoms with Gasteiger partial charge in [0.25, 0.3) is 0 Å². The lowest BCUT2D eigenvalue weighted by Gasteiger charge is -2.05. The van der Waals surface area contributed by atoms with E-state index >= 15 is 0 Å². The number of anilines is 1. The Kier molecular flexibility index (Phi) is 11.0. The molecule has 0 aliphatic rings. The van der Waals surface area contributed by atoms with Gasteiger partial charge in [-0.2, -0.15) is 0 Å². The van der Waals surface area contributed by atoms with Gasteiger partial charge in [-0.05, 0) is 19.3 Å². The number of rotatable bonds is 14. The highest BCUT2D eigenvalue weighted by Crippen LogP contribution is 2.09. The number of unbranched alkanes of at least 4 members (excludes halogenated alkanes) is 8. The van der Waals surface area contributed by atoms with Crippen molar-refractivity contribution in [2.45, 2.75) is 84.0 Å². The van der Waals surface area contributed by atoms with Gasteiger partial charge in [0.1, 0.15) is 0 Å². The van der Waals surface area contributed by atoms with Crippen molar-refractivity contribution in [2.24, 2.45) is 0 Å². The molecule has 0 atom stereocenters.